The smallest absolute Gasteiger partial charge is 0.180 e. The molecule has 20 rings (SSSR count). The van der Waals surface area contributed by atoms with E-state index in [0.717, 1.165) is 22.6 Å². The molecular weight excluding hydrogens is 1110 g/mol. The Morgan fingerprint density at radius 2 is 0.567 bits per heavy atom. The van der Waals surface area contributed by atoms with E-state index in [1.807, 2.05) is 0 Å². The predicted octanol–water partition coefficient (Wildman–Crippen LogP) is 18.1. The third-order valence-electron chi connectivity index (χ3n) is 20.5. The Morgan fingerprint density at radius 3 is 1.06 bits per heavy atom. The fraction of sp³-hybridized carbons (Fsp3) is 0.0118. The molecule has 1 spiro atoms. The molecule has 90 heavy (non-hydrogen) atoms. The summed E-state index contributed by atoms with van der Waals surface area (Å²) in [5.74, 6) is 0. The molecule has 0 N–H and O–H groups in total. The van der Waals surface area contributed by atoms with Crippen LogP contribution in [0.25, 0.3) is 121 Å². The Bertz CT molecular complexity index is 5860. The van der Waals surface area contributed by atoms with E-state index in [1.54, 1.807) is 0 Å². The van der Waals surface area contributed by atoms with Gasteiger partial charge in [0, 0.05) is 60.2 Å². The molecule has 1 aliphatic heterocycles. The molecule has 5 heteroatoms. The van der Waals surface area contributed by atoms with Crippen LogP contribution in [0.5, 0.6) is 0 Å². The molecule has 5 heterocycles. The van der Waals surface area contributed by atoms with Gasteiger partial charge in [-0.3, -0.25) is 0 Å². The first kappa shape index (κ1) is 49.6. The summed E-state index contributed by atoms with van der Waals surface area (Å²) in [6.07, 6.45) is 0. The number of benzene rings is 14. The summed E-state index contributed by atoms with van der Waals surface area (Å²) in [5.41, 5.74) is 21.1. The monoisotopic (exact) mass is 1160 g/mol. The highest BCUT2D eigenvalue weighted by molar-refractivity contribution is 7.20. The molecule has 14 aromatic carbocycles. The van der Waals surface area contributed by atoms with Gasteiger partial charge in [-0.2, -0.15) is 0 Å². The van der Waals surface area contributed by atoms with Crippen molar-refractivity contribution in [1.29, 1.82) is 0 Å². The maximum Gasteiger partial charge on any atom is 0.180 e. The van der Waals surface area contributed by atoms with E-state index >= 15 is 0 Å². The largest absolute Gasteiger partial charge is 0.309 e. The zero-order valence-corrected chi connectivity index (χ0v) is 50.0. The lowest BCUT2D eigenvalue weighted by molar-refractivity contribution is 0.771. The van der Waals surface area contributed by atoms with Crippen LogP contribution in [0.2, 0.25) is 0 Å². The summed E-state index contributed by atoms with van der Waals surface area (Å²) in [5, 5.41) is 15.4. The molecule has 0 unspecified atom stereocenters. The van der Waals surface area contributed by atoms with Gasteiger partial charge in [0.2, 0.25) is 0 Å². The third-order valence-corrected chi connectivity index (χ3v) is 25.4. The van der Waals surface area contributed by atoms with Crippen molar-refractivity contribution in [3.8, 4) is 33.9 Å². The van der Waals surface area contributed by atoms with Crippen LogP contribution < -0.4 is 20.7 Å². The maximum absolute atomic E-state index is 3.25. The third kappa shape index (κ3) is 6.38. The van der Waals surface area contributed by atoms with Crippen LogP contribution in [0.3, 0.4) is 0 Å². The van der Waals surface area contributed by atoms with E-state index in [-0.39, 0.29) is 0 Å². The van der Waals surface area contributed by atoms with E-state index in [1.165, 1.54) is 142 Å². The molecule has 0 saturated heterocycles. The molecule has 1 aliphatic carbocycles. The van der Waals surface area contributed by atoms with Crippen molar-refractivity contribution in [1.82, 2.24) is 18.3 Å². The molecule has 0 saturated carbocycles. The van der Waals surface area contributed by atoms with Crippen LogP contribution in [0.15, 0.2) is 328 Å². The van der Waals surface area contributed by atoms with E-state index in [9.17, 15) is 0 Å². The van der Waals surface area contributed by atoms with Crippen molar-refractivity contribution in [2.24, 2.45) is 0 Å². The predicted molar refractivity (Wildman–Crippen MR) is 378 cm³/mol. The first-order valence-corrected chi connectivity index (χ1v) is 33.3. The summed E-state index contributed by atoms with van der Waals surface area (Å²) >= 11 is 0. The molecule has 4 aromatic heterocycles. The fourth-order valence-corrected chi connectivity index (χ4v) is 22.4. The first-order valence-electron chi connectivity index (χ1n) is 31.3. The number of para-hydroxylation sites is 6. The second-order valence-electron chi connectivity index (χ2n) is 24.6. The molecule has 18 aromatic rings. The average molecular weight is 1160 g/mol. The highest BCUT2D eigenvalue weighted by Crippen LogP contribution is 2.58. The zero-order chi connectivity index (χ0) is 58.8. The minimum absolute atomic E-state index is 0.751. The Hall–Kier alpha value is -11.5. The van der Waals surface area contributed by atoms with E-state index in [2.05, 4.69) is 346 Å². The standard InChI is InChI=1S/C85H54N4Si/c1-3-24-58(25-4-1)90(59-26-5-2-6-27-59)82-50-47-56(87-75-40-19-13-34-66(75)68-52-55(46-49-79(68)87)86-73-38-17-9-30-62(73)63-31-10-18-39-74(63)86)53-71(82)85(69-36-15-7-28-60(69)61-29-8-16-37-70(61)85)72-54-57(48-51-83(72)90)88-78-43-22-14-35-67(78)84-80(88)44-23-45-81(84)89-76-41-20-11-32-64(76)65-33-12-21-42-77(65)89/h1-54H. The van der Waals surface area contributed by atoms with Gasteiger partial charge in [0.05, 0.1) is 55.2 Å². The number of nitrogens with zero attached hydrogens (tertiary/aromatic N) is 4. The SMILES string of the molecule is c1ccc([Si]2(c3ccccc3)c3ccc(-n4c5ccccc5c5cc(-n6c7ccccc7c7ccccc76)ccc54)cc3C3(c4ccccc4-c4ccccc43)c3cc(-n4c5ccccc5c5c(-n6c7ccccc7c7ccccc76)cccc54)ccc32)cc1. The van der Waals surface area contributed by atoms with Gasteiger partial charge >= 0.3 is 0 Å². The fourth-order valence-electron chi connectivity index (χ4n) is 17.1. The lowest BCUT2D eigenvalue weighted by Crippen LogP contribution is -2.79. The van der Waals surface area contributed by atoms with Crippen molar-refractivity contribution in [3.63, 3.8) is 0 Å². The van der Waals surface area contributed by atoms with E-state index in [0.29, 0.717) is 0 Å². The quantitative estimate of drug-likeness (QED) is 0.148. The minimum Gasteiger partial charge on any atom is -0.309 e. The van der Waals surface area contributed by atoms with Gasteiger partial charge in [0.15, 0.2) is 8.07 Å². The van der Waals surface area contributed by atoms with Gasteiger partial charge in [0.1, 0.15) is 0 Å². The lowest BCUT2D eigenvalue weighted by Gasteiger charge is -2.49. The Balaban J connectivity index is 0.904. The molecule has 0 atom stereocenters. The number of fused-ring (bicyclic) bond motifs is 21. The van der Waals surface area contributed by atoms with Crippen LogP contribution in [-0.4, -0.2) is 26.3 Å². The molecule has 418 valence electrons. The topological polar surface area (TPSA) is 19.7 Å². The highest BCUT2D eigenvalue weighted by atomic mass is 28.3. The number of aromatic nitrogens is 4. The Kier molecular flexibility index (Phi) is 10.2. The van der Waals surface area contributed by atoms with Gasteiger partial charge < -0.3 is 18.3 Å². The van der Waals surface area contributed by atoms with Crippen LogP contribution in [0, 0.1) is 0 Å². The van der Waals surface area contributed by atoms with Crippen LogP contribution in [0.4, 0.5) is 0 Å². The van der Waals surface area contributed by atoms with Crippen LogP contribution in [0.1, 0.15) is 22.3 Å². The van der Waals surface area contributed by atoms with Crippen molar-refractivity contribution >= 4 is 116 Å². The van der Waals surface area contributed by atoms with Gasteiger partial charge in [-0.15, -0.1) is 0 Å². The molecular formula is C85H54N4Si. The van der Waals surface area contributed by atoms with E-state index in [4.69, 9.17) is 0 Å². The van der Waals surface area contributed by atoms with E-state index < -0.39 is 13.5 Å². The summed E-state index contributed by atoms with van der Waals surface area (Å²) in [7, 11) is -3.25. The number of hydrogen-bond donors (Lipinski definition) is 0. The first-order chi connectivity index (χ1) is 44.7. The number of rotatable bonds is 6. The number of hydrogen-bond acceptors (Lipinski definition) is 0. The summed E-state index contributed by atoms with van der Waals surface area (Å²) in [6.45, 7) is 0. The Labute approximate surface area is 520 Å². The second kappa shape index (κ2) is 18.5. The zero-order valence-electron chi connectivity index (χ0n) is 49.0. The van der Waals surface area contributed by atoms with Crippen molar-refractivity contribution in [2.75, 3.05) is 0 Å². The molecule has 4 nitrogen and oxygen atoms in total. The maximum atomic E-state index is 2.63. The molecule has 0 amide bonds. The Morgan fingerprint density at radius 1 is 0.222 bits per heavy atom. The molecule has 0 bridgehead atoms. The average Bonchev–Trinajstić information content (AvgIpc) is 1.18. The van der Waals surface area contributed by atoms with Gasteiger partial charge in [-0.1, -0.05) is 237 Å². The molecule has 0 fully saturated rings. The molecule has 0 radical (unpaired) electrons. The van der Waals surface area contributed by atoms with Crippen molar-refractivity contribution in [3.05, 3.63) is 350 Å². The van der Waals surface area contributed by atoms with Crippen molar-refractivity contribution < 1.29 is 0 Å². The normalized spacial score (nSPS) is 13.7. The van der Waals surface area contributed by atoms with Crippen LogP contribution in [-0.2, 0) is 5.41 Å². The second-order valence-corrected chi connectivity index (χ2v) is 28.3. The van der Waals surface area contributed by atoms with Crippen LogP contribution >= 0.6 is 0 Å². The lowest BCUT2D eigenvalue weighted by atomic mass is 9.67. The van der Waals surface area contributed by atoms with Gasteiger partial charge in [-0.05, 0) is 145 Å². The van der Waals surface area contributed by atoms with Crippen molar-refractivity contribution in [2.45, 2.75) is 5.41 Å². The highest BCUT2D eigenvalue weighted by Gasteiger charge is 2.58. The summed E-state index contributed by atoms with van der Waals surface area (Å²) in [6, 6.07) is 125. The van der Waals surface area contributed by atoms with Gasteiger partial charge in [-0.25, -0.2) is 0 Å². The van der Waals surface area contributed by atoms with Gasteiger partial charge in [0.25, 0.3) is 0 Å². The summed E-state index contributed by atoms with van der Waals surface area (Å²) in [4.78, 5) is 0. The summed E-state index contributed by atoms with van der Waals surface area (Å²) < 4.78 is 10.1. The minimum atomic E-state index is -3.25. The molecule has 2 aliphatic rings.